The highest BCUT2D eigenvalue weighted by atomic mass is 35.5. The highest BCUT2D eigenvalue weighted by Crippen LogP contribution is 2.47. The van der Waals surface area contributed by atoms with E-state index in [0.29, 0.717) is 48.5 Å². The van der Waals surface area contributed by atoms with Gasteiger partial charge in [-0.1, -0.05) is 36.7 Å². The number of carbonyl (C=O) groups is 1. The number of hydrogen-bond acceptors (Lipinski definition) is 10. The number of sulfonamides is 1. The number of aryl methyl sites for hydroxylation is 1. The van der Waals surface area contributed by atoms with Crippen molar-refractivity contribution >= 4 is 33.2 Å². The Bertz CT molecular complexity index is 1750. The van der Waals surface area contributed by atoms with Crippen LogP contribution >= 0.6 is 11.6 Å². The van der Waals surface area contributed by atoms with E-state index in [1.54, 1.807) is 27.2 Å². The first-order chi connectivity index (χ1) is 26.5. The van der Waals surface area contributed by atoms with Gasteiger partial charge in [0.2, 0.25) is 10.0 Å². The molecule has 2 aromatic rings. The van der Waals surface area contributed by atoms with E-state index in [1.165, 1.54) is 5.56 Å². The number of methoxy groups -OCH3 is 3. The van der Waals surface area contributed by atoms with Crippen LogP contribution in [0, 0.1) is 17.8 Å². The lowest BCUT2D eigenvalue weighted by Crippen LogP contribution is -2.60. The van der Waals surface area contributed by atoms with Gasteiger partial charge in [0, 0.05) is 77.7 Å². The molecule has 1 aliphatic carbocycles. The minimum atomic E-state index is -3.97. The van der Waals surface area contributed by atoms with Gasteiger partial charge in [-0.2, -0.15) is 0 Å². The Kier molecular flexibility index (Phi) is 14.2. The number of allylic oxidation sites excluding steroid dienone is 1. The molecule has 0 aromatic heterocycles. The Hall–Kier alpha value is -2.71. The summed E-state index contributed by atoms with van der Waals surface area (Å²) in [5.74, 6) is 0.366. The van der Waals surface area contributed by atoms with E-state index >= 15 is 0 Å². The zero-order valence-electron chi connectivity index (χ0n) is 33.3. The maximum Gasteiger partial charge on any atom is 0.264 e. The Morgan fingerprint density at radius 1 is 0.964 bits per heavy atom. The zero-order chi connectivity index (χ0) is 39.2. The summed E-state index contributed by atoms with van der Waals surface area (Å²) in [6, 6.07) is 11.5. The van der Waals surface area contributed by atoms with Gasteiger partial charge in [0.05, 0.1) is 30.2 Å². The Morgan fingerprint density at radius 2 is 1.73 bits per heavy atom. The van der Waals surface area contributed by atoms with Crippen LogP contribution in [-0.2, 0) is 37.3 Å². The molecule has 55 heavy (non-hydrogen) atoms. The van der Waals surface area contributed by atoms with Gasteiger partial charge in [-0.3, -0.25) is 14.6 Å². The standard InChI is InChI=1S/C42H61ClN4O7S/c1-30-9-8-17-42(53-5,29-45-19-21-46(22-20-45)37(27-51-3)28-52-4)38-15-12-34(38)25-47-18-7-6-10-32-23-36(43)14-11-35(32)26-54-40-16-13-33(24-39(40)47)41(48)44-55(49,50)31(30)2/h8,11,13-14,16-17,23-24,30-31,34,37-38H,6-7,9-10,12,15,18-22,25-29H2,1-5H3,(H,44,48)/b17-8+/t30-,31+,34-,38+,42-/m0/s1. The first-order valence-corrected chi connectivity index (χ1v) is 21.9. The van der Waals surface area contributed by atoms with Crippen molar-refractivity contribution < 1.29 is 32.2 Å². The number of fused-ring (bicyclic) bond motifs is 3. The van der Waals surface area contributed by atoms with E-state index in [2.05, 4.69) is 31.6 Å². The highest BCUT2D eigenvalue weighted by Gasteiger charge is 2.48. The van der Waals surface area contributed by atoms with Crippen molar-refractivity contribution in [2.24, 2.45) is 17.8 Å². The average molecular weight is 801 g/mol. The van der Waals surface area contributed by atoms with Crippen molar-refractivity contribution in [3.8, 4) is 5.75 Å². The number of carbonyl (C=O) groups excluding carboxylic acids is 1. The Labute approximate surface area is 333 Å². The van der Waals surface area contributed by atoms with Crippen LogP contribution < -0.4 is 14.4 Å². The minimum Gasteiger partial charge on any atom is -0.487 e. The van der Waals surface area contributed by atoms with Crippen molar-refractivity contribution in [2.75, 3.05) is 85.3 Å². The summed E-state index contributed by atoms with van der Waals surface area (Å²) in [5.41, 5.74) is 2.80. The second kappa shape index (κ2) is 18.7. The molecule has 304 valence electrons. The molecule has 1 saturated heterocycles. The van der Waals surface area contributed by atoms with E-state index < -0.39 is 26.8 Å². The molecule has 6 rings (SSSR count). The lowest BCUT2D eigenvalue weighted by Gasteiger charge is -2.52. The average Bonchev–Trinajstić information content (AvgIpc) is 3.18. The molecule has 13 heteroatoms. The molecule has 5 atom stereocenters. The largest absolute Gasteiger partial charge is 0.487 e. The summed E-state index contributed by atoms with van der Waals surface area (Å²) < 4.78 is 53.9. The summed E-state index contributed by atoms with van der Waals surface area (Å²) in [6.07, 6.45) is 9.78. The monoisotopic (exact) mass is 800 g/mol. The third-order valence-electron chi connectivity index (χ3n) is 12.7. The maximum atomic E-state index is 13.6. The summed E-state index contributed by atoms with van der Waals surface area (Å²) in [6.45, 7) is 11.1. The molecule has 11 nitrogen and oxygen atoms in total. The zero-order valence-corrected chi connectivity index (χ0v) is 34.9. The molecule has 1 amide bonds. The fourth-order valence-electron chi connectivity index (χ4n) is 8.91. The van der Waals surface area contributed by atoms with Gasteiger partial charge in [0.1, 0.15) is 18.0 Å². The van der Waals surface area contributed by atoms with Crippen LogP contribution in [-0.4, -0.2) is 121 Å². The van der Waals surface area contributed by atoms with Gasteiger partial charge in [-0.05, 0) is 105 Å². The normalized spacial score (nSPS) is 28.9. The predicted molar refractivity (Wildman–Crippen MR) is 218 cm³/mol. The first kappa shape index (κ1) is 41.9. The van der Waals surface area contributed by atoms with E-state index in [9.17, 15) is 13.2 Å². The molecule has 2 aromatic carbocycles. The van der Waals surface area contributed by atoms with Crippen molar-refractivity contribution in [3.05, 3.63) is 70.3 Å². The van der Waals surface area contributed by atoms with Crippen LogP contribution in [0.1, 0.15) is 67.4 Å². The lowest BCUT2D eigenvalue weighted by atomic mass is 9.63. The van der Waals surface area contributed by atoms with E-state index in [0.717, 1.165) is 89.2 Å². The van der Waals surface area contributed by atoms with E-state index in [-0.39, 0.29) is 17.9 Å². The smallest absolute Gasteiger partial charge is 0.264 e. The lowest BCUT2D eigenvalue weighted by molar-refractivity contribution is -0.0978. The maximum absolute atomic E-state index is 13.6. The molecular weight excluding hydrogens is 740 g/mol. The number of benzene rings is 2. The van der Waals surface area contributed by atoms with Gasteiger partial charge in [0.15, 0.2) is 0 Å². The fraction of sp³-hybridized carbons (Fsp3) is 0.643. The van der Waals surface area contributed by atoms with Crippen LogP contribution in [0.3, 0.4) is 0 Å². The summed E-state index contributed by atoms with van der Waals surface area (Å²) >= 11 is 6.41. The number of nitrogens with one attached hydrogen (secondary N) is 1. The first-order valence-electron chi connectivity index (χ1n) is 20.0. The van der Waals surface area contributed by atoms with Crippen LogP contribution in [0.25, 0.3) is 0 Å². The van der Waals surface area contributed by atoms with Gasteiger partial charge in [-0.25, -0.2) is 13.1 Å². The summed E-state index contributed by atoms with van der Waals surface area (Å²) in [5, 5.41) is -0.0831. The molecule has 0 spiro atoms. The number of rotatable bonds is 8. The van der Waals surface area contributed by atoms with Crippen molar-refractivity contribution in [2.45, 2.75) is 75.9 Å². The molecule has 1 saturated carbocycles. The summed E-state index contributed by atoms with van der Waals surface area (Å²) in [4.78, 5) is 21.0. The highest BCUT2D eigenvalue weighted by molar-refractivity contribution is 7.90. The van der Waals surface area contributed by atoms with Gasteiger partial charge in [-0.15, -0.1) is 0 Å². The number of amides is 1. The second-order valence-corrected chi connectivity index (χ2v) is 18.5. The SMILES string of the molecule is COCC(COC)N1CCN(C[C@@]2(OC)/C=C/C[C@H](C)[C@@H](C)S(=O)(=O)NC(=O)c3ccc4c(c3)N(CCCCc3cc(Cl)ccc3CO4)C[C@@H]3CC[C@H]32)CC1. The van der Waals surface area contributed by atoms with E-state index in [4.69, 9.17) is 30.5 Å². The number of hydrogen-bond donors (Lipinski definition) is 1. The topological polar surface area (TPSA) is 110 Å². The van der Waals surface area contributed by atoms with Crippen LogP contribution in [0.4, 0.5) is 5.69 Å². The molecule has 3 aliphatic heterocycles. The Balaban J connectivity index is 1.34. The summed E-state index contributed by atoms with van der Waals surface area (Å²) in [7, 11) is 1.34. The van der Waals surface area contributed by atoms with Crippen LogP contribution in [0.15, 0.2) is 48.6 Å². The van der Waals surface area contributed by atoms with E-state index in [1.807, 2.05) is 44.4 Å². The quantitative estimate of drug-likeness (QED) is 0.330. The van der Waals surface area contributed by atoms with Gasteiger partial charge >= 0.3 is 0 Å². The molecule has 0 radical (unpaired) electrons. The number of ether oxygens (including phenoxy) is 4. The molecule has 4 aliphatic rings. The fourth-order valence-corrected chi connectivity index (χ4v) is 10.4. The van der Waals surface area contributed by atoms with Gasteiger partial charge < -0.3 is 23.8 Å². The molecule has 2 fully saturated rings. The third-order valence-corrected chi connectivity index (χ3v) is 14.8. The van der Waals surface area contributed by atoms with Gasteiger partial charge in [0.25, 0.3) is 5.91 Å². The molecular formula is C42H61ClN4O7S. The number of halogens is 1. The van der Waals surface area contributed by atoms with Crippen LogP contribution in [0.5, 0.6) is 5.75 Å². The molecule has 3 heterocycles. The molecule has 0 unspecified atom stereocenters. The number of nitrogens with zero attached hydrogens (tertiary/aromatic N) is 3. The predicted octanol–water partition coefficient (Wildman–Crippen LogP) is 5.80. The molecule has 2 bridgehead atoms. The molecule has 1 N–H and O–H groups in total. The third kappa shape index (κ3) is 9.88. The second-order valence-electron chi connectivity index (χ2n) is 16.1. The minimum absolute atomic E-state index is 0.214. The number of anilines is 1. The van der Waals surface area contributed by atoms with Crippen LogP contribution in [0.2, 0.25) is 5.02 Å². The van der Waals surface area contributed by atoms with Crippen molar-refractivity contribution in [3.63, 3.8) is 0 Å². The van der Waals surface area contributed by atoms with Crippen molar-refractivity contribution in [1.29, 1.82) is 0 Å². The Morgan fingerprint density at radius 3 is 2.42 bits per heavy atom. The number of piperazine rings is 1. The van der Waals surface area contributed by atoms with Crippen molar-refractivity contribution in [1.82, 2.24) is 14.5 Å².